The topological polar surface area (TPSA) is 237 Å². The summed E-state index contributed by atoms with van der Waals surface area (Å²) in [7, 11) is -9.90. The normalized spacial score (nSPS) is 14.2. The van der Waals surface area contributed by atoms with Crippen molar-refractivity contribution in [2.45, 2.75) is 362 Å². The van der Waals surface area contributed by atoms with E-state index in [0.29, 0.717) is 37.5 Å². The molecule has 17 nitrogen and oxygen atoms in total. The molecule has 0 amide bonds. The minimum atomic E-state index is -4.95. The standard InChI is InChI=1S/C69H134O17P2/c1-8-9-10-11-12-13-14-15-16-17-20-24-29-38-45-52-68(73)85-64(56-79-66(71)50-43-36-28-23-21-18-19-22-26-33-40-47-60(2)3)58-83-87(75,76)81-54-63(70)55-82-88(77,78)84-59-65(57-80-67(72)51-44-37-32-31-35-42-49-62(6)7)86-69(74)53-46-39-30-25-27-34-41-48-61(4)5/h60-65,70H,8-59H2,1-7H3,(H,75,76)(H,77,78)/t63-,64-,65-/m1/s1. The van der Waals surface area contributed by atoms with Crippen molar-refractivity contribution < 1.29 is 80.2 Å². The molecule has 0 aliphatic rings. The van der Waals surface area contributed by atoms with Gasteiger partial charge in [0.2, 0.25) is 0 Å². The average Bonchev–Trinajstić information content (AvgIpc) is 3.49. The van der Waals surface area contributed by atoms with Crippen LogP contribution in [0.15, 0.2) is 0 Å². The molecule has 19 heteroatoms. The molecule has 2 unspecified atom stereocenters. The van der Waals surface area contributed by atoms with E-state index in [2.05, 4.69) is 48.5 Å². The minimum absolute atomic E-state index is 0.102. The lowest BCUT2D eigenvalue weighted by Crippen LogP contribution is -2.30. The summed E-state index contributed by atoms with van der Waals surface area (Å²) >= 11 is 0. The number of unbranched alkanes of at least 4 members (excludes halogenated alkanes) is 35. The SMILES string of the molecule is CCCCCCCCCCCCCCCCCC(=O)O[C@H](COC(=O)CCCCCCCCCCCCCC(C)C)COP(=O)(O)OC[C@@H](O)COP(=O)(O)OC[C@@H](COC(=O)CCCCCCCCC(C)C)OC(=O)CCCCCCCCCC(C)C. The molecule has 88 heavy (non-hydrogen) atoms. The molecule has 0 aromatic heterocycles. The van der Waals surface area contributed by atoms with Crippen LogP contribution >= 0.6 is 15.6 Å². The van der Waals surface area contributed by atoms with Gasteiger partial charge in [-0.25, -0.2) is 9.13 Å². The molecule has 0 aliphatic heterocycles. The van der Waals surface area contributed by atoms with Gasteiger partial charge in [-0.3, -0.25) is 37.3 Å². The molecule has 0 rings (SSSR count). The lowest BCUT2D eigenvalue weighted by molar-refractivity contribution is -0.161. The Bertz CT molecular complexity index is 1730. The van der Waals surface area contributed by atoms with Crippen LogP contribution in [0.5, 0.6) is 0 Å². The molecule has 5 atom stereocenters. The molecule has 3 N–H and O–H groups in total. The molecule has 0 heterocycles. The van der Waals surface area contributed by atoms with Gasteiger partial charge in [0.05, 0.1) is 26.4 Å². The summed E-state index contributed by atoms with van der Waals surface area (Å²) in [5, 5.41) is 10.6. The Labute approximate surface area is 537 Å². The number of ether oxygens (including phenoxy) is 4. The van der Waals surface area contributed by atoms with Crippen LogP contribution in [0.25, 0.3) is 0 Å². The summed E-state index contributed by atoms with van der Waals surface area (Å²) in [6.45, 7) is 11.7. The molecule has 0 radical (unpaired) electrons. The van der Waals surface area contributed by atoms with Crippen molar-refractivity contribution in [3.05, 3.63) is 0 Å². The summed E-state index contributed by atoms with van der Waals surface area (Å²) in [4.78, 5) is 72.4. The van der Waals surface area contributed by atoms with E-state index < -0.39 is 97.5 Å². The van der Waals surface area contributed by atoms with E-state index in [1.807, 2.05) is 0 Å². The third kappa shape index (κ3) is 62.8. The molecule has 522 valence electrons. The number of phosphoric ester groups is 2. The maximum atomic E-state index is 13.0. The third-order valence-electron chi connectivity index (χ3n) is 15.9. The fraction of sp³-hybridized carbons (Fsp3) is 0.942. The van der Waals surface area contributed by atoms with Crippen molar-refractivity contribution in [3.63, 3.8) is 0 Å². The largest absolute Gasteiger partial charge is 0.472 e. The lowest BCUT2D eigenvalue weighted by Gasteiger charge is -2.21. The van der Waals surface area contributed by atoms with Crippen LogP contribution in [0.4, 0.5) is 0 Å². The number of aliphatic hydroxyl groups excluding tert-OH is 1. The Balaban J connectivity index is 5.24. The highest BCUT2D eigenvalue weighted by atomic mass is 31.2. The minimum Gasteiger partial charge on any atom is -0.462 e. The molecule has 0 aromatic rings. The van der Waals surface area contributed by atoms with Crippen molar-refractivity contribution >= 4 is 39.5 Å². The zero-order chi connectivity index (χ0) is 65.2. The molecule has 0 aromatic carbocycles. The zero-order valence-electron chi connectivity index (χ0n) is 57.2. The first-order valence-electron chi connectivity index (χ1n) is 35.8. The van der Waals surface area contributed by atoms with Crippen LogP contribution < -0.4 is 0 Å². The smallest absolute Gasteiger partial charge is 0.462 e. The Morgan fingerprint density at radius 1 is 0.307 bits per heavy atom. The first-order chi connectivity index (χ1) is 42.2. The molecule has 0 saturated carbocycles. The predicted octanol–water partition coefficient (Wildman–Crippen LogP) is 19.5. The van der Waals surface area contributed by atoms with Gasteiger partial charge >= 0.3 is 39.5 Å². The van der Waals surface area contributed by atoms with Crippen LogP contribution in [-0.2, 0) is 65.4 Å². The van der Waals surface area contributed by atoms with Gasteiger partial charge in [0, 0.05) is 25.7 Å². The van der Waals surface area contributed by atoms with Gasteiger partial charge in [-0.2, -0.15) is 0 Å². The van der Waals surface area contributed by atoms with Crippen LogP contribution in [0.1, 0.15) is 344 Å². The van der Waals surface area contributed by atoms with Gasteiger partial charge in [0.15, 0.2) is 12.2 Å². The number of phosphoric acid groups is 2. The second-order valence-corrected chi connectivity index (χ2v) is 29.3. The quantitative estimate of drug-likeness (QED) is 0.0222. The number of hydrogen-bond donors (Lipinski definition) is 3. The molecule has 0 bridgehead atoms. The summed E-state index contributed by atoms with van der Waals surface area (Å²) in [6.07, 6.45) is 43.3. The average molecular weight is 1300 g/mol. The van der Waals surface area contributed by atoms with E-state index in [4.69, 9.17) is 37.0 Å². The summed E-state index contributed by atoms with van der Waals surface area (Å²) in [6, 6.07) is 0. The predicted molar refractivity (Wildman–Crippen MR) is 354 cm³/mol. The summed E-state index contributed by atoms with van der Waals surface area (Å²) < 4.78 is 68.2. The molecule has 0 fully saturated rings. The maximum Gasteiger partial charge on any atom is 0.472 e. The van der Waals surface area contributed by atoms with Gasteiger partial charge in [0.25, 0.3) is 0 Å². The zero-order valence-corrected chi connectivity index (χ0v) is 59.0. The first-order valence-corrected chi connectivity index (χ1v) is 38.8. The van der Waals surface area contributed by atoms with Gasteiger partial charge in [0.1, 0.15) is 19.3 Å². The van der Waals surface area contributed by atoms with E-state index in [9.17, 15) is 43.2 Å². The van der Waals surface area contributed by atoms with E-state index in [-0.39, 0.29) is 25.7 Å². The molecular formula is C69H134O17P2. The van der Waals surface area contributed by atoms with E-state index >= 15 is 0 Å². The van der Waals surface area contributed by atoms with Crippen LogP contribution in [0.2, 0.25) is 0 Å². The Hall–Kier alpha value is -1.94. The van der Waals surface area contributed by atoms with Crippen molar-refractivity contribution in [1.82, 2.24) is 0 Å². The number of carbonyl (C=O) groups excluding carboxylic acids is 4. The van der Waals surface area contributed by atoms with Crippen molar-refractivity contribution in [1.29, 1.82) is 0 Å². The van der Waals surface area contributed by atoms with Crippen LogP contribution in [0.3, 0.4) is 0 Å². The van der Waals surface area contributed by atoms with E-state index in [1.165, 1.54) is 148 Å². The first kappa shape index (κ1) is 86.1. The highest BCUT2D eigenvalue weighted by molar-refractivity contribution is 7.47. The van der Waals surface area contributed by atoms with Gasteiger partial charge < -0.3 is 33.8 Å². The Kier molecular flexibility index (Phi) is 58.7. The maximum absolute atomic E-state index is 13.0. The number of rotatable bonds is 67. The molecule has 0 spiro atoms. The summed E-state index contributed by atoms with van der Waals surface area (Å²) in [5.41, 5.74) is 0. The fourth-order valence-electron chi connectivity index (χ4n) is 10.4. The summed E-state index contributed by atoms with van der Waals surface area (Å²) in [5.74, 6) is 0.0155. The third-order valence-corrected chi connectivity index (χ3v) is 17.8. The number of carbonyl (C=O) groups is 4. The van der Waals surface area contributed by atoms with Crippen LogP contribution in [-0.4, -0.2) is 96.7 Å². The monoisotopic (exact) mass is 1300 g/mol. The number of esters is 4. The van der Waals surface area contributed by atoms with Gasteiger partial charge in [-0.15, -0.1) is 0 Å². The highest BCUT2D eigenvalue weighted by Crippen LogP contribution is 2.45. The highest BCUT2D eigenvalue weighted by Gasteiger charge is 2.30. The van der Waals surface area contributed by atoms with E-state index in [0.717, 1.165) is 102 Å². The number of aliphatic hydroxyl groups is 1. The van der Waals surface area contributed by atoms with E-state index in [1.54, 1.807) is 0 Å². The van der Waals surface area contributed by atoms with Gasteiger partial charge in [-0.1, -0.05) is 292 Å². The van der Waals surface area contributed by atoms with Crippen molar-refractivity contribution in [2.75, 3.05) is 39.6 Å². The Morgan fingerprint density at radius 2 is 0.523 bits per heavy atom. The second kappa shape index (κ2) is 60.0. The molecular weight excluding hydrogens is 1160 g/mol. The molecule has 0 saturated heterocycles. The van der Waals surface area contributed by atoms with Crippen molar-refractivity contribution in [2.24, 2.45) is 17.8 Å². The lowest BCUT2D eigenvalue weighted by atomic mass is 10.0. The second-order valence-electron chi connectivity index (χ2n) is 26.3. The number of hydrogen-bond acceptors (Lipinski definition) is 15. The molecule has 0 aliphatic carbocycles. The fourth-order valence-corrected chi connectivity index (χ4v) is 11.9. The van der Waals surface area contributed by atoms with Crippen molar-refractivity contribution in [3.8, 4) is 0 Å². The van der Waals surface area contributed by atoms with Gasteiger partial charge in [-0.05, 0) is 43.4 Å². The van der Waals surface area contributed by atoms with Crippen LogP contribution in [0, 0.1) is 17.8 Å². The Morgan fingerprint density at radius 3 is 0.773 bits per heavy atom.